The largest absolute Gasteiger partial charge is 0.460 e. The van der Waals surface area contributed by atoms with Crippen molar-refractivity contribution in [3.63, 3.8) is 0 Å². The Morgan fingerprint density at radius 1 is 1.17 bits per heavy atom. The van der Waals surface area contributed by atoms with Crippen molar-refractivity contribution in [2.75, 3.05) is 6.54 Å². The molecule has 35 heavy (non-hydrogen) atoms. The fraction of sp³-hybridized carbons (Fsp3) is 0.407. The van der Waals surface area contributed by atoms with Crippen LogP contribution in [0.4, 0.5) is 0 Å². The Hall–Kier alpha value is -3.28. The quantitative estimate of drug-likeness (QED) is 0.428. The number of esters is 1. The van der Waals surface area contributed by atoms with E-state index in [4.69, 9.17) is 15.5 Å². The number of benzene rings is 1. The monoisotopic (exact) mass is 489 g/mol. The molecule has 0 saturated carbocycles. The van der Waals surface area contributed by atoms with E-state index in [9.17, 15) is 4.79 Å². The van der Waals surface area contributed by atoms with Gasteiger partial charge in [0.25, 0.3) is 0 Å². The molecular formula is C27H31N5O2S. The van der Waals surface area contributed by atoms with Gasteiger partial charge in [-0.3, -0.25) is 14.4 Å². The van der Waals surface area contributed by atoms with E-state index in [2.05, 4.69) is 35.9 Å². The number of nitrogens with zero attached hydrogens (tertiary/aromatic N) is 4. The molecule has 0 fully saturated rings. The van der Waals surface area contributed by atoms with Crippen molar-refractivity contribution in [2.45, 2.75) is 66.0 Å². The van der Waals surface area contributed by atoms with E-state index in [1.807, 2.05) is 56.5 Å². The first kappa shape index (κ1) is 24.8. The van der Waals surface area contributed by atoms with Gasteiger partial charge in [-0.25, -0.2) is 0 Å². The second-order valence-corrected chi connectivity index (χ2v) is 10.8. The number of fused-ring (bicyclic) bond motifs is 3. The molecule has 7 nitrogen and oxygen atoms in total. The maximum atomic E-state index is 12.8. The van der Waals surface area contributed by atoms with Crippen LogP contribution in [0.5, 0.6) is 0 Å². The van der Waals surface area contributed by atoms with Crippen LogP contribution in [-0.4, -0.2) is 38.6 Å². The zero-order chi connectivity index (χ0) is 25.3. The SMILES string of the molecule is Cc1sc2c(c1C)C(c1ccc(C#CCCN)cc1)=NC(CC(=O)OC(C)(C)C)c1nnc(C)n1-2. The van der Waals surface area contributed by atoms with Gasteiger partial charge in [0.15, 0.2) is 5.82 Å². The third kappa shape index (κ3) is 5.21. The molecule has 1 atom stereocenters. The summed E-state index contributed by atoms with van der Waals surface area (Å²) in [6.07, 6.45) is 0.741. The third-order valence-electron chi connectivity index (χ3n) is 5.68. The standard InChI is InChI=1S/C27H31N5O2S/c1-16-17(2)35-26-23(16)24(20-12-10-19(11-13-20)9-7-8-14-28)29-21(15-22(33)34-27(4,5)6)25-31-30-18(3)32(25)26/h10-13,21H,8,14-15,28H2,1-6H3. The summed E-state index contributed by atoms with van der Waals surface area (Å²) in [4.78, 5) is 19.2. The van der Waals surface area contributed by atoms with Crippen molar-refractivity contribution in [1.82, 2.24) is 14.8 Å². The second kappa shape index (κ2) is 9.76. The minimum Gasteiger partial charge on any atom is -0.460 e. The molecule has 1 aromatic carbocycles. The number of rotatable bonds is 4. The molecule has 0 radical (unpaired) electrons. The molecule has 0 saturated heterocycles. The second-order valence-electron chi connectivity index (χ2n) is 9.61. The molecule has 4 rings (SSSR count). The summed E-state index contributed by atoms with van der Waals surface area (Å²) in [5.74, 6) is 7.31. The Bertz CT molecular complexity index is 1350. The first-order valence-electron chi connectivity index (χ1n) is 11.7. The number of carbonyl (C=O) groups excluding carboxylic acids is 1. The highest BCUT2D eigenvalue weighted by Crippen LogP contribution is 2.39. The number of aryl methyl sites for hydroxylation is 2. The lowest BCUT2D eigenvalue weighted by Crippen LogP contribution is -2.25. The number of thiophene rings is 1. The van der Waals surface area contributed by atoms with Gasteiger partial charge in [-0.05, 0) is 59.2 Å². The summed E-state index contributed by atoms with van der Waals surface area (Å²) in [5, 5.41) is 9.80. The van der Waals surface area contributed by atoms with Gasteiger partial charge >= 0.3 is 5.97 Å². The fourth-order valence-corrected chi connectivity index (χ4v) is 5.23. The summed E-state index contributed by atoms with van der Waals surface area (Å²) in [7, 11) is 0. The average molecular weight is 490 g/mol. The highest BCUT2D eigenvalue weighted by atomic mass is 32.1. The predicted molar refractivity (Wildman–Crippen MR) is 139 cm³/mol. The molecule has 182 valence electrons. The maximum Gasteiger partial charge on any atom is 0.308 e. The van der Waals surface area contributed by atoms with Crippen LogP contribution in [0.3, 0.4) is 0 Å². The molecule has 1 aliphatic rings. The van der Waals surface area contributed by atoms with Gasteiger partial charge in [-0.2, -0.15) is 0 Å². The molecule has 0 amide bonds. The van der Waals surface area contributed by atoms with Gasteiger partial charge in [-0.15, -0.1) is 21.5 Å². The Labute approximate surface area is 210 Å². The Morgan fingerprint density at radius 3 is 2.54 bits per heavy atom. The lowest BCUT2D eigenvalue weighted by Gasteiger charge is -2.21. The number of nitrogens with two attached hydrogens (primary N) is 1. The van der Waals surface area contributed by atoms with Crippen molar-refractivity contribution in [3.05, 3.63) is 63.0 Å². The molecule has 1 aliphatic heterocycles. The van der Waals surface area contributed by atoms with Crippen LogP contribution in [0, 0.1) is 32.6 Å². The van der Waals surface area contributed by atoms with Crippen molar-refractivity contribution in [3.8, 4) is 16.8 Å². The summed E-state index contributed by atoms with van der Waals surface area (Å²) in [5.41, 5.74) is 9.90. The highest BCUT2D eigenvalue weighted by molar-refractivity contribution is 7.15. The number of ether oxygens (including phenoxy) is 1. The van der Waals surface area contributed by atoms with Crippen LogP contribution in [0.1, 0.15) is 78.4 Å². The summed E-state index contributed by atoms with van der Waals surface area (Å²) >= 11 is 1.69. The van der Waals surface area contributed by atoms with E-state index in [1.54, 1.807) is 11.3 Å². The molecule has 2 aromatic heterocycles. The van der Waals surface area contributed by atoms with Gasteiger partial charge in [0.1, 0.15) is 22.5 Å². The number of hydrogen-bond donors (Lipinski definition) is 1. The number of hydrogen-bond acceptors (Lipinski definition) is 7. The zero-order valence-electron chi connectivity index (χ0n) is 21.1. The summed E-state index contributed by atoms with van der Waals surface area (Å²) in [6, 6.07) is 7.53. The van der Waals surface area contributed by atoms with E-state index < -0.39 is 11.6 Å². The molecule has 8 heteroatoms. The first-order valence-corrected chi connectivity index (χ1v) is 12.5. The van der Waals surface area contributed by atoms with E-state index in [1.165, 1.54) is 4.88 Å². The van der Waals surface area contributed by atoms with Crippen LogP contribution in [-0.2, 0) is 9.53 Å². The maximum absolute atomic E-state index is 12.8. The lowest BCUT2D eigenvalue weighted by molar-refractivity contribution is -0.155. The first-order chi connectivity index (χ1) is 16.6. The molecule has 3 heterocycles. The predicted octanol–water partition coefficient (Wildman–Crippen LogP) is 4.58. The van der Waals surface area contributed by atoms with E-state index in [0.29, 0.717) is 18.8 Å². The van der Waals surface area contributed by atoms with Crippen LogP contribution < -0.4 is 5.73 Å². The van der Waals surface area contributed by atoms with Gasteiger partial charge in [0.05, 0.1) is 12.1 Å². The number of aliphatic imine (C=N–C) groups is 1. The Kier molecular flexibility index (Phi) is 6.93. The molecule has 0 spiro atoms. The fourth-order valence-electron chi connectivity index (χ4n) is 4.01. The normalized spacial score (nSPS) is 14.8. The molecule has 3 aromatic rings. The minimum absolute atomic E-state index is 0.0779. The lowest BCUT2D eigenvalue weighted by atomic mass is 9.98. The molecule has 1 unspecified atom stereocenters. The van der Waals surface area contributed by atoms with Crippen LogP contribution in [0.25, 0.3) is 5.00 Å². The van der Waals surface area contributed by atoms with E-state index >= 15 is 0 Å². The van der Waals surface area contributed by atoms with Crippen LogP contribution in [0.15, 0.2) is 29.3 Å². The van der Waals surface area contributed by atoms with Gasteiger partial charge in [0.2, 0.25) is 0 Å². The van der Waals surface area contributed by atoms with Crippen molar-refractivity contribution >= 4 is 23.0 Å². The van der Waals surface area contributed by atoms with Gasteiger partial charge < -0.3 is 10.5 Å². The molecule has 2 N–H and O–H groups in total. The Morgan fingerprint density at radius 2 is 1.89 bits per heavy atom. The summed E-state index contributed by atoms with van der Waals surface area (Å²) < 4.78 is 7.66. The van der Waals surface area contributed by atoms with Crippen molar-refractivity contribution < 1.29 is 9.53 Å². The van der Waals surface area contributed by atoms with Crippen molar-refractivity contribution in [2.24, 2.45) is 10.7 Å². The minimum atomic E-state index is -0.578. The smallest absolute Gasteiger partial charge is 0.308 e. The van der Waals surface area contributed by atoms with Gasteiger partial charge in [-0.1, -0.05) is 24.0 Å². The van der Waals surface area contributed by atoms with Crippen LogP contribution >= 0.6 is 11.3 Å². The van der Waals surface area contributed by atoms with Gasteiger partial charge in [0, 0.05) is 34.5 Å². The molecular weight excluding hydrogens is 458 g/mol. The van der Waals surface area contributed by atoms with Crippen LogP contribution in [0.2, 0.25) is 0 Å². The topological polar surface area (TPSA) is 95.4 Å². The van der Waals surface area contributed by atoms with E-state index in [-0.39, 0.29) is 12.4 Å². The zero-order valence-corrected chi connectivity index (χ0v) is 21.9. The van der Waals surface area contributed by atoms with E-state index in [0.717, 1.165) is 38.8 Å². The molecule has 0 aliphatic carbocycles. The summed E-state index contributed by atoms with van der Waals surface area (Å²) in [6.45, 7) is 12.3. The average Bonchev–Trinajstić information content (AvgIpc) is 3.25. The number of carbonyl (C=O) groups is 1. The van der Waals surface area contributed by atoms with Crippen molar-refractivity contribution in [1.29, 1.82) is 0 Å². The highest BCUT2D eigenvalue weighted by Gasteiger charge is 2.33. The molecule has 0 bridgehead atoms. The Balaban J connectivity index is 1.84. The number of aromatic nitrogens is 3. The third-order valence-corrected chi connectivity index (χ3v) is 6.87.